The van der Waals surface area contributed by atoms with Crippen molar-refractivity contribution in [2.75, 3.05) is 31.2 Å². The van der Waals surface area contributed by atoms with E-state index in [1.807, 2.05) is 12.1 Å². The molecule has 0 aromatic heterocycles. The normalized spacial score (nSPS) is 20.9. The van der Waals surface area contributed by atoms with Crippen molar-refractivity contribution in [3.63, 3.8) is 0 Å². The summed E-state index contributed by atoms with van der Waals surface area (Å²) in [6.45, 7) is 2.01. The van der Waals surface area contributed by atoms with Crippen LogP contribution >= 0.6 is 11.8 Å². The van der Waals surface area contributed by atoms with Gasteiger partial charge in [-0.3, -0.25) is 0 Å². The summed E-state index contributed by atoms with van der Waals surface area (Å²) in [4.78, 5) is 2.91. The van der Waals surface area contributed by atoms with Crippen molar-refractivity contribution in [1.29, 1.82) is 0 Å². The highest BCUT2D eigenvalue weighted by molar-refractivity contribution is 7.99. The van der Waals surface area contributed by atoms with Crippen LogP contribution in [0.4, 0.5) is 18.9 Å². The van der Waals surface area contributed by atoms with Crippen LogP contribution in [0.2, 0.25) is 0 Å². The van der Waals surface area contributed by atoms with E-state index in [2.05, 4.69) is 17.3 Å². The van der Waals surface area contributed by atoms with E-state index in [1.54, 1.807) is 12.1 Å². The first kappa shape index (κ1) is 15.5. The molecule has 1 aromatic rings. The topological polar surface area (TPSA) is 15.3 Å². The van der Waals surface area contributed by atoms with Crippen molar-refractivity contribution in [3.05, 3.63) is 24.3 Å². The number of rotatable bonds is 4. The molecular formula is C14H19F3N2S. The van der Waals surface area contributed by atoms with Crippen LogP contribution in [0.3, 0.4) is 0 Å². The van der Waals surface area contributed by atoms with E-state index >= 15 is 0 Å². The molecule has 0 radical (unpaired) electrons. The maximum absolute atomic E-state index is 12.3. The van der Waals surface area contributed by atoms with Gasteiger partial charge in [-0.05, 0) is 38.6 Å². The number of thioether (sulfide) groups is 1. The summed E-state index contributed by atoms with van der Waals surface area (Å²) in [5, 5.41) is 3.39. The summed E-state index contributed by atoms with van der Waals surface area (Å²) in [7, 11) is 2.07. The number of benzene rings is 1. The van der Waals surface area contributed by atoms with Gasteiger partial charge in [-0.2, -0.15) is 13.2 Å². The summed E-state index contributed by atoms with van der Waals surface area (Å²) < 4.78 is 37.0. The lowest BCUT2D eigenvalue weighted by Crippen LogP contribution is -2.39. The van der Waals surface area contributed by atoms with Gasteiger partial charge in [0.1, 0.15) is 0 Å². The molecule has 1 atom stereocenters. The summed E-state index contributed by atoms with van der Waals surface area (Å²) >= 11 is 0.842. The van der Waals surface area contributed by atoms with Gasteiger partial charge in [0.2, 0.25) is 0 Å². The van der Waals surface area contributed by atoms with Gasteiger partial charge in [0.05, 0.1) is 5.75 Å². The smallest absolute Gasteiger partial charge is 0.380 e. The molecule has 2 rings (SSSR count). The standard InChI is InChI=1S/C14H19F3N2S/c1-19-8-4-5-11(9-19)18-12-6-2-3-7-13(12)20-10-14(15,16)17/h2-3,6-7,11,18H,4-5,8-10H2,1H3. The Labute approximate surface area is 121 Å². The van der Waals surface area contributed by atoms with E-state index in [0.717, 1.165) is 43.4 Å². The Bertz CT molecular complexity index is 437. The van der Waals surface area contributed by atoms with Crippen LogP contribution in [0.15, 0.2) is 29.2 Å². The van der Waals surface area contributed by atoms with Crippen molar-refractivity contribution < 1.29 is 13.2 Å². The first-order chi connectivity index (χ1) is 9.44. The number of alkyl halides is 3. The number of hydrogen-bond acceptors (Lipinski definition) is 3. The van der Waals surface area contributed by atoms with Crippen LogP contribution in [0, 0.1) is 0 Å². The van der Waals surface area contributed by atoms with E-state index in [-0.39, 0.29) is 0 Å². The SMILES string of the molecule is CN1CCCC(Nc2ccccc2SCC(F)(F)F)C1. The molecule has 2 nitrogen and oxygen atoms in total. The fraction of sp³-hybridized carbons (Fsp3) is 0.571. The van der Waals surface area contributed by atoms with Gasteiger partial charge < -0.3 is 10.2 Å². The Hall–Kier alpha value is -0.880. The number of halogens is 3. The highest BCUT2D eigenvalue weighted by Crippen LogP contribution is 2.32. The average Bonchev–Trinajstić information content (AvgIpc) is 2.37. The molecule has 1 heterocycles. The molecule has 1 aliphatic heterocycles. The molecule has 6 heteroatoms. The van der Waals surface area contributed by atoms with E-state index in [9.17, 15) is 13.2 Å². The van der Waals surface area contributed by atoms with Crippen LogP contribution in [-0.4, -0.2) is 43.0 Å². The molecule has 0 bridgehead atoms. The lowest BCUT2D eigenvalue weighted by Gasteiger charge is -2.31. The second-order valence-corrected chi connectivity index (χ2v) is 6.16. The molecule has 0 amide bonds. The Morgan fingerprint density at radius 2 is 2.10 bits per heavy atom. The quantitative estimate of drug-likeness (QED) is 0.851. The summed E-state index contributed by atoms with van der Waals surface area (Å²) in [5.74, 6) is -0.851. The summed E-state index contributed by atoms with van der Waals surface area (Å²) in [6, 6.07) is 7.53. The molecule has 1 unspecified atom stereocenters. The maximum atomic E-state index is 12.3. The molecule has 20 heavy (non-hydrogen) atoms. The zero-order chi connectivity index (χ0) is 14.6. The Morgan fingerprint density at radius 3 is 2.80 bits per heavy atom. The molecule has 1 fully saturated rings. The minimum absolute atomic E-state index is 0.307. The first-order valence-corrected chi connectivity index (χ1v) is 7.66. The van der Waals surface area contributed by atoms with Crippen molar-refractivity contribution in [3.8, 4) is 0 Å². The van der Waals surface area contributed by atoms with Crippen LogP contribution in [0.1, 0.15) is 12.8 Å². The molecule has 112 valence electrons. The predicted molar refractivity (Wildman–Crippen MR) is 77.4 cm³/mol. The Balaban J connectivity index is 2.00. The largest absolute Gasteiger partial charge is 0.398 e. The lowest BCUT2D eigenvalue weighted by molar-refractivity contribution is -0.105. The number of likely N-dealkylation sites (tertiary alicyclic amines) is 1. The van der Waals surface area contributed by atoms with Gasteiger partial charge in [-0.25, -0.2) is 0 Å². The number of para-hydroxylation sites is 1. The highest BCUT2D eigenvalue weighted by atomic mass is 32.2. The van der Waals surface area contributed by atoms with Gasteiger partial charge in [0, 0.05) is 23.2 Å². The lowest BCUT2D eigenvalue weighted by atomic mass is 10.1. The zero-order valence-electron chi connectivity index (χ0n) is 11.4. The van der Waals surface area contributed by atoms with Gasteiger partial charge >= 0.3 is 6.18 Å². The molecule has 1 aliphatic rings. The fourth-order valence-corrected chi connectivity index (χ4v) is 3.15. The molecule has 1 saturated heterocycles. The zero-order valence-corrected chi connectivity index (χ0v) is 12.2. The van der Waals surface area contributed by atoms with E-state index in [0.29, 0.717) is 10.9 Å². The summed E-state index contributed by atoms with van der Waals surface area (Å²) in [6.07, 6.45) is -1.96. The van der Waals surface area contributed by atoms with Crippen LogP contribution in [-0.2, 0) is 0 Å². The number of hydrogen-bond donors (Lipinski definition) is 1. The molecule has 0 saturated carbocycles. The van der Waals surface area contributed by atoms with E-state index in [4.69, 9.17) is 0 Å². The van der Waals surface area contributed by atoms with Crippen molar-refractivity contribution in [2.45, 2.75) is 30.0 Å². The Kier molecular flexibility index (Phi) is 5.21. The highest BCUT2D eigenvalue weighted by Gasteiger charge is 2.28. The monoisotopic (exact) mass is 304 g/mol. The predicted octanol–water partition coefficient (Wildman–Crippen LogP) is 3.85. The third-order valence-electron chi connectivity index (χ3n) is 3.26. The number of nitrogens with one attached hydrogen (secondary N) is 1. The molecule has 1 aromatic carbocycles. The number of nitrogens with zero attached hydrogens (tertiary/aromatic N) is 1. The van der Waals surface area contributed by atoms with Crippen molar-refractivity contribution >= 4 is 17.4 Å². The molecular weight excluding hydrogens is 285 g/mol. The van der Waals surface area contributed by atoms with E-state index in [1.165, 1.54) is 0 Å². The van der Waals surface area contributed by atoms with Crippen LogP contribution in [0.5, 0.6) is 0 Å². The Morgan fingerprint density at radius 1 is 1.35 bits per heavy atom. The average molecular weight is 304 g/mol. The number of anilines is 1. The van der Waals surface area contributed by atoms with Crippen LogP contribution in [0.25, 0.3) is 0 Å². The molecule has 1 N–H and O–H groups in total. The molecule has 0 aliphatic carbocycles. The fourth-order valence-electron chi connectivity index (χ4n) is 2.38. The van der Waals surface area contributed by atoms with Gasteiger partial charge in [-0.15, -0.1) is 11.8 Å². The van der Waals surface area contributed by atoms with Gasteiger partial charge in [0.15, 0.2) is 0 Å². The van der Waals surface area contributed by atoms with E-state index < -0.39 is 11.9 Å². The summed E-state index contributed by atoms with van der Waals surface area (Å²) in [5.41, 5.74) is 0.807. The third-order valence-corrected chi connectivity index (χ3v) is 4.40. The minimum Gasteiger partial charge on any atom is -0.380 e. The van der Waals surface area contributed by atoms with Crippen molar-refractivity contribution in [1.82, 2.24) is 4.90 Å². The molecule has 0 spiro atoms. The first-order valence-electron chi connectivity index (χ1n) is 6.68. The number of likely N-dealkylation sites (N-methyl/N-ethyl adjacent to an activating group) is 1. The van der Waals surface area contributed by atoms with Gasteiger partial charge in [-0.1, -0.05) is 12.1 Å². The van der Waals surface area contributed by atoms with Crippen molar-refractivity contribution in [2.24, 2.45) is 0 Å². The second kappa shape index (κ2) is 6.72. The van der Waals surface area contributed by atoms with Crippen LogP contribution < -0.4 is 5.32 Å². The van der Waals surface area contributed by atoms with Gasteiger partial charge in [0.25, 0.3) is 0 Å². The minimum atomic E-state index is -4.14. The third kappa shape index (κ3) is 4.90. The second-order valence-electron chi connectivity index (χ2n) is 5.15. The maximum Gasteiger partial charge on any atom is 0.398 e. The number of piperidine rings is 1.